The number of ether oxygens (including phenoxy) is 1. The number of primary amides is 1. The van der Waals surface area contributed by atoms with Gasteiger partial charge in [-0.15, -0.1) is 0 Å². The molecule has 0 aromatic heterocycles. The fourth-order valence-electron chi connectivity index (χ4n) is 4.39. The molecule has 0 spiro atoms. The van der Waals surface area contributed by atoms with Crippen molar-refractivity contribution < 1.29 is 24.3 Å². The van der Waals surface area contributed by atoms with Crippen LogP contribution < -0.4 is 10.5 Å². The summed E-state index contributed by atoms with van der Waals surface area (Å²) in [6.45, 7) is 0.0246. The highest BCUT2D eigenvalue weighted by Gasteiger charge is 2.53. The lowest BCUT2D eigenvalue weighted by atomic mass is 9.85. The molecular weight excluding hydrogens is 446 g/mol. The second-order valence-corrected chi connectivity index (χ2v) is 8.35. The van der Waals surface area contributed by atoms with E-state index in [1.54, 1.807) is 60.7 Å². The van der Waals surface area contributed by atoms with Crippen LogP contribution in [-0.2, 0) is 9.63 Å². The van der Waals surface area contributed by atoms with Crippen LogP contribution in [0, 0.1) is 0 Å². The molecule has 35 heavy (non-hydrogen) atoms. The quantitative estimate of drug-likeness (QED) is 0.485. The highest BCUT2D eigenvalue weighted by Crippen LogP contribution is 2.39. The zero-order chi connectivity index (χ0) is 24.8. The van der Waals surface area contributed by atoms with Gasteiger partial charge in [0.1, 0.15) is 24.1 Å². The number of aliphatic hydroxyl groups excluding tert-OH is 1. The Bertz CT molecular complexity index is 1220. The summed E-state index contributed by atoms with van der Waals surface area (Å²) in [7, 11) is 1.39. The number of nitrogens with zero attached hydrogens (tertiary/aromatic N) is 2. The number of nitrogens with two attached hydrogens (primary N) is 1. The Balaban J connectivity index is 1.72. The normalized spacial score (nSPS) is 19.4. The maximum atomic E-state index is 13.9. The van der Waals surface area contributed by atoms with Gasteiger partial charge in [0.15, 0.2) is 0 Å². The summed E-state index contributed by atoms with van der Waals surface area (Å²) in [5, 5.41) is 15.0. The molecule has 2 atom stereocenters. The van der Waals surface area contributed by atoms with E-state index in [0.717, 1.165) is 0 Å². The number of hydrogen-bond donors (Lipinski definition) is 2. The summed E-state index contributed by atoms with van der Waals surface area (Å²) in [5.41, 5.74) is 5.75. The number of aliphatic hydroxyl groups is 1. The van der Waals surface area contributed by atoms with E-state index in [0.29, 0.717) is 22.8 Å². The number of benzene rings is 3. The van der Waals surface area contributed by atoms with Crippen molar-refractivity contribution in [2.75, 3.05) is 13.7 Å². The van der Waals surface area contributed by atoms with Gasteiger partial charge in [-0.25, -0.2) is 0 Å². The minimum absolute atomic E-state index is 0.0246. The molecule has 3 aromatic carbocycles. The van der Waals surface area contributed by atoms with Crippen molar-refractivity contribution >= 4 is 17.5 Å². The van der Waals surface area contributed by atoms with Crippen LogP contribution in [0.4, 0.5) is 0 Å². The van der Waals surface area contributed by atoms with E-state index in [-0.39, 0.29) is 24.9 Å². The summed E-state index contributed by atoms with van der Waals surface area (Å²) in [4.78, 5) is 33.2. The van der Waals surface area contributed by atoms with Crippen LogP contribution >= 0.6 is 0 Å². The van der Waals surface area contributed by atoms with Gasteiger partial charge < -0.3 is 25.3 Å². The molecule has 1 heterocycles. The maximum Gasteiger partial charge on any atom is 0.258 e. The Kier molecular flexibility index (Phi) is 7.12. The van der Waals surface area contributed by atoms with Crippen LogP contribution in [0.1, 0.15) is 34.9 Å². The lowest BCUT2D eigenvalue weighted by molar-refractivity contribution is -0.129. The van der Waals surface area contributed by atoms with E-state index in [4.69, 9.17) is 15.3 Å². The SMILES string of the molecule is CON=C1CN(C(=O)c2ccccc2Oc2ccccc2)C(CC(O)c2ccccc2)(C(N)=O)C1. The molecule has 2 unspecified atom stereocenters. The average molecular weight is 474 g/mol. The first-order valence-corrected chi connectivity index (χ1v) is 11.2. The van der Waals surface area contributed by atoms with Crippen molar-refractivity contribution in [2.45, 2.75) is 24.5 Å². The van der Waals surface area contributed by atoms with Crippen LogP contribution in [0.2, 0.25) is 0 Å². The van der Waals surface area contributed by atoms with E-state index >= 15 is 0 Å². The number of amides is 2. The van der Waals surface area contributed by atoms with Gasteiger partial charge in [-0.1, -0.05) is 65.8 Å². The molecule has 8 nitrogen and oxygen atoms in total. The Morgan fingerprint density at radius 3 is 2.31 bits per heavy atom. The van der Waals surface area contributed by atoms with Gasteiger partial charge in [0, 0.05) is 12.8 Å². The van der Waals surface area contributed by atoms with Gasteiger partial charge in [0.05, 0.1) is 23.9 Å². The molecule has 0 radical (unpaired) electrons. The van der Waals surface area contributed by atoms with Crippen LogP contribution in [-0.4, -0.2) is 46.7 Å². The van der Waals surface area contributed by atoms with E-state index in [1.165, 1.54) is 12.0 Å². The monoisotopic (exact) mass is 473 g/mol. The molecule has 2 amide bonds. The molecule has 1 fully saturated rings. The van der Waals surface area contributed by atoms with Crippen LogP contribution in [0.25, 0.3) is 0 Å². The Hall–Kier alpha value is -4.17. The van der Waals surface area contributed by atoms with E-state index in [9.17, 15) is 14.7 Å². The molecule has 180 valence electrons. The molecular formula is C27H27N3O5. The second kappa shape index (κ2) is 10.4. The molecule has 4 rings (SSSR count). The van der Waals surface area contributed by atoms with Gasteiger partial charge in [0.25, 0.3) is 5.91 Å². The van der Waals surface area contributed by atoms with Crippen molar-refractivity contribution in [2.24, 2.45) is 10.9 Å². The number of carbonyl (C=O) groups is 2. The predicted octanol–water partition coefficient (Wildman–Crippen LogP) is 3.68. The van der Waals surface area contributed by atoms with Crippen LogP contribution in [0.3, 0.4) is 0 Å². The standard InChI is InChI=1S/C27H27N3O5/c1-34-29-20-16-27(26(28)33,17-23(31)19-10-4-2-5-11-19)30(18-20)25(32)22-14-8-9-15-24(22)35-21-12-6-3-7-13-21/h2-15,23,31H,16-18H2,1H3,(H2,28,33). The van der Waals surface area contributed by atoms with Crippen molar-refractivity contribution in [1.82, 2.24) is 4.90 Å². The lowest BCUT2D eigenvalue weighted by Gasteiger charge is -2.37. The largest absolute Gasteiger partial charge is 0.457 e. The smallest absolute Gasteiger partial charge is 0.258 e. The van der Waals surface area contributed by atoms with Gasteiger partial charge in [-0.05, 0) is 29.8 Å². The predicted molar refractivity (Wildman–Crippen MR) is 131 cm³/mol. The van der Waals surface area contributed by atoms with Crippen LogP contribution in [0.5, 0.6) is 11.5 Å². The van der Waals surface area contributed by atoms with Crippen molar-refractivity contribution in [3.05, 3.63) is 96.1 Å². The molecule has 3 aromatic rings. The number of carbonyl (C=O) groups excluding carboxylic acids is 2. The van der Waals surface area contributed by atoms with Crippen molar-refractivity contribution in [3.8, 4) is 11.5 Å². The Morgan fingerprint density at radius 2 is 1.66 bits per heavy atom. The lowest BCUT2D eigenvalue weighted by Crippen LogP contribution is -2.56. The average Bonchev–Trinajstić information content (AvgIpc) is 3.24. The van der Waals surface area contributed by atoms with E-state index in [2.05, 4.69) is 5.16 Å². The maximum absolute atomic E-state index is 13.9. The Labute approximate surface area is 203 Å². The van der Waals surface area contributed by atoms with E-state index in [1.807, 2.05) is 24.3 Å². The zero-order valence-electron chi connectivity index (χ0n) is 19.3. The number of oxime groups is 1. The molecule has 1 aliphatic rings. The first-order valence-electron chi connectivity index (χ1n) is 11.2. The third-order valence-corrected chi connectivity index (χ3v) is 6.08. The minimum Gasteiger partial charge on any atom is -0.457 e. The summed E-state index contributed by atoms with van der Waals surface area (Å²) >= 11 is 0. The number of likely N-dealkylation sites (tertiary alicyclic amines) is 1. The molecule has 1 aliphatic heterocycles. The van der Waals surface area contributed by atoms with Gasteiger partial charge >= 0.3 is 0 Å². The first kappa shape index (κ1) is 24.0. The van der Waals surface area contributed by atoms with Crippen LogP contribution in [0.15, 0.2) is 90.1 Å². The number of rotatable bonds is 8. The van der Waals surface area contributed by atoms with Gasteiger partial charge in [0.2, 0.25) is 5.91 Å². The summed E-state index contributed by atoms with van der Waals surface area (Å²) in [6.07, 6.45) is -1.08. The van der Waals surface area contributed by atoms with Gasteiger partial charge in [-0.3, -0.25) is 9.59 Å². The zero-order valence-corrected chi connectivity index (χ0v) is 19.3. The van der Waals surface area contributed by atoms with Crippen molar-refractivity contribution in [1.29, 1.82) is 0 Å². The second-order valence-electron chi connectivity index (χ2n) is 8.35. The third kappa shape index (κ3) is 5.02. The minimum atomic E-state index is -1.51. The molecule has 8 heteroatoms. The number of para-hydroxylation sites is 2. The molecule has 3 N–H and O–H groups in total. The molecule has 0 saturated carbocycles. The number of hydrogen-bond acceptors (Lipinski definition) is 6. The summed E-state index contributed by atoms with van der Waals surface area (Å²) in [5.74, 6) is -0.292. The highest BCUT2D eigenvalue weighted by atomic mass is 16.6. The topological polar surface area (TPSA) is 114 Å². The van der Waals surface area contributed by atoms with Gasteiger partial charge in [-0.2, -0.15) is 0 Å². The third-order valence-electron chi connectivity index (χ3n) is 6.08. The van der Waals surface area contributed by atoms with Crippen molar-refractivity contribution in [3.63, 3.8) is 0 Å². The van der Waals surface area contributed by atoms with E-state index < -0.39 is 23.5 Å². The molecule has 0 bridgehead atoms. The first-order chi connectivity index (χ1) is 16.9. The summed E-state index contributed by atoms with van der Waals surface area (Å²) in [6, 6.07) is 24.8. The molecule has 0 aliphatic carbocycles. The Morgan fingerprint density at radius 1 is 1.03 bits per heavy atom. The fourth-order valence-corrected chi connectivity index (χ4v) is 4.39. The fraction of sp³-hybridized carbons (Fsp3) is 0.222. The molecule has 1 saturated heterocycles. The summed E-state index contributed by atoms with van der Waals surface area (Å²) < 4.78 is 5.98. The highest BCUT2D eigenvalue weighted by molar-refractivity contribution is 6.08.